The molecule has 0 amide bonds. The van der Waals surface area contributed by atoms with Crippen LogP contribution in [-0.4, -0.2) is 41.5 Å². The standard InChI is InChI=1S/C16H24N6O2/c1-5-24-14-8-12(6-7-13(14)23-4)9-18-16(17-2)19-10-15-20-11-21-22(15)3/h6-8,11H,5,9-10H2,1-4H3,(H2,17,18,19). The summed E-state index contributed by atoms with van der Waals surface area (Å²) in [5, 5.41) is 10.5. The molecule has 0 spiro atoms. The minimum absolute atomic E-state index is 0.545. The number of aliphatic imine (C=N–C) groups is 1. The highest BCUT2D eigenvalue weighted by Gasteiger charge is 2.07. The first kappa shape index (κ1) is 17.6. The highest BCUT2D eigenvalue weighted by Crippen LogP contribution is 2.27. The number of nitrogens with one attached hydrogen (secondary N) is 2. The van der Waals surface area contributed by atoms with Gasteiger partial charge < -0.3 is 20.1 Å². The number of hydrogen-bond acceptors (Lipinski definition) is 5. The Hall–Kier alpha value is -2.77. The monoisotopic (exact) mass is 332 g/mol. The highest BCUT2D eigenvalue weighted by molar-refractivity contribution is 5.79. The number of nitrogens with zero attached hydrogens (tertiary/aromatic N) is 4. The van der Waals surface area contributed by atoms with Gasteiger partial charge >= 0.3 is 0 Å². The van der Waals surface area contributed by atoms with Gasteiger partial charge in [-0.3, -0.25) is 9.67 Å². The van der Waals surface area contributed by atoms with E-state index >= 15 is 0 Å². The molecule has 24 heavy (non-hydrogen) atoms. The molecule has 0 aliphatic carbocycles. The second-order valence-electron chi connectivity index (χ2n) is 5.00. The van der Waals surface area contributed by atoms with Crippen LogP contribution < -0.4 is 20.1 Å². The van der Waals surface area contributed by atoms with E-state index in [1.165, 1.54) is 6.33 Å². The SMILES string of the molecule is CCOc1cc(CNC(=NC)NCc2ncnn2C)ccc1OC. The number of aryl methyl sites for hydroxylation is 1. The second kappa shape index (κ2) is 8.76. The molecule has 0 aliphatic rings. The zero-order chi connectivity index (χ0) is 17.4. The van der Waals surface area contributed by atoms with E-state index in [1.54, 1.807) is 18.8 Å². The van der Waals surface area contributed by atoms with E-state index in [0.29, 0.717) is 25.7 Å². The molecule has 2 rings (SSSR count). The smallest absolute Gasteiger partial charge is 0.191 e. The number of ether oxygens (including phenoxy) is 2. The Morgan fingerprint density at radius 1 is 1.25 bits per heavy atom. The van der Waals surface area contributed by atoms with Crippen LogP contribution >= 0.6 is 0 Å². The van der Waals surface area contributed by atoms with E-state index in [-0.39, 0.29) is 0 Å². The molecular formula is C16H24N6O2. The van der Waals surface area contributed by atoms with Crippen molar-refractivity contribution in [1.29, 1.82) is 0 Å². The summed E-state index contributed by atoms with van der Waals surface area (Å²) >= 11 is 0. The minimum atomic E-state index is 0.545. The molecule has 8 heteroatoms. The van der Waals surface area contributed by atoms with Crippen LogP contribution in [0, 0.1) is 0 Å². The van der Waals surface area contributed by atoms with E-state index in [4.69, 9.17) is 9.47 Å². The first-order chi connectivity index (χ1) is 11.7. The van der Waals surface area contributed by atoms with Crippen molar-refractivity contribution < 1.29 is 9.47 Å². The fraction of sp³-hybridized carbons (Fsp3) is 0.438. The summed E-state index contributed by atoms with van der Waals surface area (Å²) < 4.78 is 12.6. The van der Waals surface area contributed by atoms with Crippen molar-refractivity contribution in [3.63, 3.8) is 0 Å². The largest absolute Gasteiger partial charge is 0.493 e. The van der Waals surface area contributed by atoms with E-state index in [0.717, 1.165) is 22.9 Å². The molecule has 2 N–H and O–H groups in total. The van der Waals surface area contributed by atoms with E-state index in [2.05, 4.69) is 25.7 Å². The number of hydrogen-bond donors (Lipinski definition) is 2. The molecule has 0 saturated carbocycles. The molecule has 0 unspecified atom stereocenters. The molecule has 1 aromatic carbocycles. The summed E-state index contributed by atoms with van der Waals surface area (Å²) in [5.41, 5.74) is 1.07. The maximum absolute atomic E-state index is 5.59. The fourth-order valence-corrected chi connectivity index (χ4v) is 2.15. The van der Waals surface area contributed by atoms with Crippen molar-refractivity contribution in [3.05, 3.63) is 35.9 Å². The van der Waals surface area contributed by atoms with Crippen molar-refractivity contribution >= 4 is 5.96 Å². The molecule has 0 bridgehead atoms. The third-order valence-corrected chi connectivity index (χ3v) is 3.43. The Labute approximate surface area is 141 Å². The first-order valence-electron chi connectivity index (χ1n) is 7.75. The van der Waals surface area contributed by atoms with Gasteiger partial charge in [-0.1, -0.05) is 6.07 Å². The van der Waals surface area contributed by atoms with Crippen LogP contribution in [-0.2, 0) is 20.1 Å². The topological polar surface area (TPSA) is 85.6 Å². The summed E-state index contributed by atoms with van der Waals surface area (Å²) in [5.74, 6) is 2.99. The molecule has 0 atom stereocenters. The Morgan fingerprint density at radius 2 is 2.04 bits per heavy atom. The summed E-state index contributed by atoms with van der Waals surface area (Å²) in [7, 11) is 5.21. The van der Waals surface area contributed by atoms with E-state index in [9.17, 15) is 0 Å². The lowest BCUT2D eigenvalue weighted by molar-refractivity contribution is 0.310. The van der Waals surface area contributed by atoms with Gasteiger partial charge in [-0.05, 0) is 24.6 Å². The average molecular weight is 332 g/mol. The van der Waals surface area contributed by atoms with Gasteiger partial charge in [0.25, 0.3) is 0 Å². The van der Waals surface area contributed by atoms with Gasteiger partial charge in [-0.15, -0.1) is 0 Å². The van der Waals surface area contributed by atoms with Gasteiger partial charge in [0.1, 0.15) is 12.2 Å². The molecule has 1 aromatic heterocycles. The lowest BCUT2D eigenvalue weighted by atomic mass is 10.2. The number of rotatable bonds is 7. The number of guanidine groups is 1. The van der Waals surface area contributed by atoms with Crippen molar-refractivity contribution in [2.75, 3.05) is 20.8 Å². The van der Waals surface area contributed by atoms with Gasteiger partial charge in [0.2, 0.25) is 0 Å². The molecular weight excluding hydrogens is 308 g/mol. The Morgan fingerprint density at radius 3 is 2.67 bits per heavy atom. The molecule has 1 heterocycles. The highest BCUT2D eigenvalue weighted by atomic mass is 16.5. The van der Waals surface area contributed by atoms with Crippen LogP contribution in [0.25, 0.3) is 0 Å². The first-order valence-corrected chi connectivity index (χ1v) is 7.75. The number of benzene rings is 1. The van der Waals surface area contributed by atoms with Crippen LogP contribution in [0.1, 0.15) is 18.3 Å². The quantitative estimate of drug-likeness (QED) is 0.583. The van der Waals surface area contributed by atoms with Crippen LogP contribution in [0.3, 0.4) is 0 Å². The van der Waals surface area contributed by atoms with Crippen molar-refractivity contribution in [2.24, 2.45) is 12.0 Å². The van der Waals surface area contributed by atoms with E-state index in [1.807, 2.05) is 32.2 Å². The van der Waals surface area contributed by atoms with Crippen molar-refractivity contribution in [2.45, 2.75) is 20.0 Å². The zero-order valence-corrected chi connectivity index (χ0v) is 14.5. The Bertz CT molecular complexity index is 683. The van der Waals surface area contributed by atoms with Gasteiger partial charge in [-0.25, -0.2) is 4.98 Å². The van der Waals surface area contributed by atoms with Gasteiger partial charge in [-0.2, -0.15) is 5.10 Å². The summed E-state index contributed by atoms with van der Waals surface area (Å²) in [6.07, 6.45) is 1.53. The van der Waals surface area contributed by atoms with Crippen LogP contribution in [0.15, 0.2) is 29.5 Å². The van der Waals surface area contributed by atoms with Gasteiger partial charge in [0.15, 0.2) is 17.5 Å². The van der Waals surface area contributed by atoms with Crippen molar-refractivity contribution in [1.82, 2.24) is 25.4 Å². The van der Waals surface area contributed by atoms with Gasteiger partial charge in [0, 0.05) is 20.6 Å². The molecule has 2 aromatic rings. The third kappa shape index (κ3) is 4.61. The molecule has 0 saturated heterocycles. The second-order valence-corrected chi connectivity index (χ2v) is 5.00. The third-order valence-electron chi connectivity index (χ3n) is 3.43. The average Bonchev–Trinajstić information content (AvgIpc) is 3.00. The summed E-state index contributed by atoms with van der Waals surface area (Å²) in [4.78, 5) is 8.37. The van der Waals surface area contributed by atoms with E-state index < -0.39 is 0 Å². The van der Waals surface area contributed by atoms with Crippen LogP contribution in [0.5, 0.6) is 11.5 Å². The predicted molar refractivity (Wildman–Crippen MR) is 92.2 cm³/mol. The van der Waals surface area contributed by atoms with Crippen LogP contribution in [0.2, 0.25) is 0 Å². The lowest BCUT2D eigenvalue weighted by Crippen LogP contribution is -2.36. The Kier molecular flexibility index (Phi) is 6.41. The molecule has 8 nitrogen and oxygen atoms in total. The zero-order valence-electron chi connectivity index (χ0n) is 14.5. The molecule has 0 aliphatic heterocycles. The summed E-state index contributed by atoms with van der Waals surface area (Å²) in [6, 6.07) is 5.85. The number of aromatic nitrogens is 3. The summed E-state index contributed by atoms with van der Waals surface area (Å²) in [6.45, 7) is 3.70. The van der Waals surface area contributed by atoms with Crippen molar-refractivity contribution in [3.8, 4) is 11.5 Å². The number of methoxy groups -OCH3 is 1. The molecule has 0 radical (unpaired) electrons. The normalized spacial score (nSPS) is 11.2. The predicted octanol–water partition coefficient (Wildman–Crippen LogP) is 1.09. The lowest BCUT2D eigenvalue weighted by Gasteiger charge is -2.14. The van der Waals surface area contributed by atoms with Gasteiger partial charge in [0.05, 0.1) is 20.3 Å². The maximum atomic E-state index is 5.59. The Balaban J connectivity index is 1.93. The maximum Gasteiger partial charge on any atom is 0.191 e. The van der Waals surface area contributed by atoms with Crippen LogP contribution in [0.4, 0.5) is 0 Å². The molecule has 130 valence electrons. The molecule has 0 fully saturated rings. The minimum Gasteiger partial charge on any atom is -0.493 e. The fourth-order valence-electron chi connectivity index (χ4n) is 2.15.